The highest BCUT2D eigenvalue weighted by molar-refractivity contribution is 5.76. The summed E-state index contributed by atoms with van der Waals surface area (Å²) in [7, 11) is 3.25. The molecule has 2 aromatic rings. The number of benzene rings is 2. The molecule has 162 valence electrons. The molecule has 0 saturated carbocycles. The molecule has 0 aromatic heterocycles. The lowest BCUT2D eigenvalue weighted by Crippen LogP contribution is -2.42. The fourth-order valence-corrected chi connectivity index (χ4v) is 4.03. The third-order valence-electron chi connectivity index (χ3n) is 5.47. The number of amides is 1. The Labute approximate surface area is 178 Å². The molecule has 0 bridgehead atoms. The summed E-state index contributed by atoms with van der Waals surface area (Å²) in [5, 5.41) is 3.09. The Hall–Kier alpha value is -2.60. The van der Waals surface area contributed by atoms with E-state index in [0.29, 0.717) is 36.9 Å². The summed E-state index contributed by atoms with van der Waals surface area (Å²) in [6.45, 7) is 5.97. The van der Waals surface area contributed by atoms with Crippen LogP contribution in [0.2, 0.25) is 0 Å². The molecular formula is C24H31FN2O3. The van der Waals surface area contributed by atoms with Crippen LogP contribution in [0.3, 0.4) is 0 Å². The number of methoxy groups -OCH3 is 2. The molecular weight excluding hydrogens is 383 g/mol. The van der Waals surface area contributed by atoms with Crippen molar-refractivity contribution in [2.75, 3.05) is 27.3 Å². The molecule has 1 aliphatic rings. The summed E-state index contributed by atoms with van der Waals surface area (Å²) in [4.78, 5) is 14.6. The van der Waals surface area contributed by atoms with Gasteiger partial charge in [-0.2, -0.15) is 0 Å². The van der Waals surface area contributed by atoms with Crippen LogP contribution in [-0.2, 0) is 17.8 Å². The zero-order valence-electron chi connectivity index (χ0n) is 18.2. The molecule has 1 amide bonds. The van der Waals surface area contributed by atoms with Gasteiger partial charge in [-0.1, -0.05) is 26.0 Å². The van der Waals surface area contributed by atoms with Gasteiger partial charge in [0, 0.05) is 26.1 Å². The molecule has 0 saturated heterocycles. The van der Waals surface area contributed by atoms with Gasteiger partial charge in [-0.15, -0.1) is 0 Å². The third kappa shape index (κ3) is 5.30. The molecule has 0 fully saturated rings. The molecule has 6 heteroatoms. The number of hydrogen-bond donors (Lipinski definition) is 1. The van der Waals surface area contributed by atoms with Gasteiger partial charge < -0.3 is 14.8 Å². The minimum atomic E-state index is -0.238. The van der Waals surface area contributed by atoms with Crippen LogP contribution in [0.15, 0.2) is 36.4 Å². The van der Waals surface area contributed by atoms with E-state index in [1.165, 1.54) is 11.6 Å². The van der Waals surface area contributed by atoms with E-state index in [1.807, 2.05) is 32.0 Å². The van der Waals surface area contributed by atoms with E-state index in [1.54, 1.807) is 26.4 Å². The van der Waals surface area contributed by atoms with E-state index in [9.17, 15) is 9.18 Å². The number of nitrogens with one attached hydrogen (secondary N) is 1. The van der Waals surface area contributed by atoms with Crippen LogP contribution in [0.25, 0.3) is 0 Å². The zero-order valence-corrected chi connectivity index (χ0v) is 18.2. The molecule has 30 heavy (non-hydrogen) atoms. The fraction of sp³-hybridized carbons (Fsp3) is 0.458. The van der Waals surface area contributed by atoms with Gasteiger partial charge in [0.25, 0.3) is 0 Å². The topological polar surface area (TPSA) is 50.8 Å². The van der Waals surface area contributed by atoms with Gasteiger partial charge in [0.15, 0.2) is 11.5 Å². The number of carbonyl (C=O) groups is 1. The van der Waals surface area contributed by atoms with Crippen LogP contribution >= 0.6 is 0 Å². The van der Waals surface area contributed by atoms with Crippen molar-refractivity contribution >= 4 is 5.91 Å². The zero-order chi connectivity index (χ0) is 21.7. The van der Waals surface area contributed by atoms with Gasteiger partial charge in [-0.05, 0) is 53.3 Å². The van der Waals surface area contributed by atoms with Crippen LogP contribution < -0.4 is 14.8 Å². The summed E-state index contributed by atoms with van der Waals surface area (Å²) < 4.78 is 24.7. The number of nitrogens with zero attached hydrogens (tertiary/aromatic N) is 1. The molecule has 1 N–H and O–H groups in total. The minimum Gasteiger partial charge on any atom is -0.493 e. The molecule has 5 nitrogen and oxygen atoms in total. The number of hydrogen-bond acceptors (Lipinski definition) is 4. The first-order valence-corrected chi connectivity index (χ1v) is 10.4. The van der Waals surface area contributed by atoms with Crippen LogP contribution in [0.5, 0.6) is 11.5 Å². The summed E-state index contributed by atoms with van der Waals surface area (Å²) in [5.41, 5.74) is 3.21. The van der Waals surface area contributed by atoms with Crippen molar-refractivity contribution in [1.82, 2.24) is 10.2 Å². The largest absolute Gasteiger partial charge is 0.493 e. The summed E-state index contributed by atoms with van der Waals surface area (Å²) in [5.74, 6) is 1.48. The van der Waals surface area contributed by atoms with Gasteiger partial charge in [0.1, 0.15) is 5.82 Å². The predicted octanol–water partition coefficient (Wildman–Crippen LogP) is 4.10. The van der Waals surface area contributed by atoms with Gasteiger partial charge in [0.2, 0.25) is 5.91 Å². The van der Waals surface area contributed by atoms with Crippen LogP contribution in [-0.4, -0.2) is 38.1 Å². The Balaban J connectivity index is 1.89. The normalized spacial score (nSPS) is 16.3. The van der Waals surface area contributed by atoms with Crippen molar-refractivity contribution in [3.05, 3.63) is 58.9 Å². The van der Waals surface area contributed by atoms with E-state index in [-0.39, 0.29) is 17.8 Å². The number of fused-ring (bicyclic) bond motifs is 1. The number of rotatable bonds is 8. The lowest BCUT2D eigenvalue weighted by molar-refractivity contribution is -0.122. The summed E-state index contributed by atoms with van der Waals surface area (Å²) >= 11 is 0. The Kier molecular flexibility index (Phi) is 7.32. The highest BCUT2D eigenvalue weighted by atomic mass is 19.1. The molecule has 0 radical (unpaired) electrons. The fourth-order valence-electron chi connectivity index (χ4n) is 4.03. The van der Waals surface area contributed by atoms with Gasteiger partial charge in [-0.25, -0.2) is 4.39 Å². The van der Waals surface area contributed by atoms with Gasteiger partial charge in [0.05, 0.1) is 20.3 Å². The van der Waals surface area contributed by atoms with E-state index in [0.717, 1.165) is 24.1 Å². The Bertz CT molecular complexity index is 885. The molecule has 1 atom stereocenters. The molecule has 3 rings (SSSR count). The number of carbonyl (C=O) groups excluding carboxylic acids is 1. The SMILES string of the molecule is COc1cc2c(cc1OC)[C@@H](CNC(=O)CC(C)C)N(Cc1cccc(F)c1)CC2. The Morgan fingerprint density at radius 2 is 1.93 bits per heavy atom. The van der Waals surface area contributed by atoms with Crippen LogP contribution in [0, 0.1) is 11.7 Å². The highest BCUT2D eigenvalue weighted by Gasteiger charge is 2.29. The van der Waals surface area contributed by atoms with Crippen LogP contribution in [0.1, 0.15) is 43.0 Å². The van der Waals surface area contributed by atoms with Crippen molar-refractivity contribution in [3.8, 4) is 11.5 Å². The lowest BCUT2D eigenvalue weighted by atomic mass is 9.91. The maximum Gasteiger partial charge on any atom is 0.220 e. The van der Waals surface area contributed by atoms with Crippen molar-refractivity contribution < 1.29 is 18.7 Å². The van der Waals surface area contributed by atoms with E-state index in [2.05, 4.69) is 10.2 Å². The van der Waals surface area contributed by atoms with E-state index >= 15 is 0 Å². The molecule has 0 aliphatic carbocycles. The minimum absolute atomic E-state index is 0.0343. The molecule has 1 aliphatic heterocycles. The predicted molar refractivity (Wildman–Crippen MR) is 115 cm³/mol. The third-order valence-corrected chi connectivity index (χ3v) is 5.47. The molecule has 0 spiro atoms. The highest BCUT2D eigenvalue weighted by Crippen LogP contribution is 2.38. The first-order chi connectivity index (χ1) is 14.4. The monoisotopic (exact) mass is 414 g/mol. The van der Waals surface area contributed by atoms with Crippen molar-refractivity contribution in [3.63, 3.8) is 0 Å². The average Bonchev–Trinajstić information content (AvgIpc) is 2.71. The van der Waals surface area contributed by atoms with E-state index < -0.39 is 0 Å². The first-order valence-electron chi connectivity index (χ1n) is 10.4. The molecule has 2 aromatic carbocycles. The first kappa shape index (κ1) is 22.1. The van der Waals surface area contributed by atoms with Gasteiger partial charge >= 0.3 is 0 Å². The standard InChI is InChI=1S/C24H31FN2O3/c1-16(2)10-24(28)26-14-21-20-13-23(30-4)22(29-3)12-18(20)8-9-27(21)15-17-6-5-7-19(25)11-17/h5-7,11-13,16,21H,8-10,14-15H2,1-4H3,(H,26,28)/t21-/m1/s1. The van der Waals surface area contributed by atoms with Crippen LogP contribution in [0.4, 0.5) is 4.39 Å². The quantitative estimate of drug-likeness (QED) is 0.707. The number of halogens is 1. The average molecular weight is 415 g/mol. The Morgan fingerprint density at radius 1 is 1.20 bits per heavy atom. The lowest BCUT2D eigenvalue weighted by Gasteiger charge is -2.38. The second-order valence-electron chi connectivity index (χ2n) is 8.17. The van der Waals surface area contributed by atoms with Crippen molar-refractivity contribution in [2.45, 2.75) is 39.3 Å². The number of ether oxygens (including phenoxy) is 2. The second kappa shape index (κ2) is 9.94. The Morgan fingerprint density at radius 3 is 2.60 bits per heavy atom. The maximum atomic E-state index is 13.7. The van der Waals surface area contributed by atoms with Crippen molar-refractivity contribution in [1.29, 1.82) is 0 Å². The van der Waals surface area contributed by atoms with E-state index in [4.69, 9.17) is 9.47 Å². The molecule has 0 unspecified atom stereocenters. The maximum absolute atomic E-state index is 13.7. The summed E-state index contributed by atoms with van der Waals surface area (Å²) in [6, 6.07) is 10.7. The van der Waals surface area contributed by atoms with Crippen molar-refractivity contribution in [2.24, 2.45) is 5.92 Å². The second-order valence-corrected chi connectivity index (χ2v) is 8.17. The molecule has 1 heterocycles. The smallest absolute Gasteiger partial charge is 0.220 e. The van der Waals surface area contributed by atoms with Gasteiger partial charge in [-0.3, -0.25) is 9.69 Å². The summed E-state index contributed by atoms with van der Waals surface area (Å²) in [6.07, 6.45) is 1.34.